The Bertz CT molecular complexity index is 559. The average Bonchev–Trinajstić information content (AvgIpc) is 2.88. The fourth-order valence-electron chi connectivity index (χ4n) is 2.20. The summed E-state index contributed by atoms with van der Waals surface area (Å²) in [6.07, 6.45) is 2.05. The van der Waals surface area contributed by atoms with Gasteiger partial charge in [0.25, 0.3) is 5.89 Å². The predicted molar refractivity (Wildman–Crippen MR) is 72.0 cm³/mol. The molecular weight excluding hydrogens is 266 g/mol. The van der Waals surface area contributed by atoms with Crippen LogP contribution in [0.4, 0.5) is 5.69 Å². The van der Waals surface area contributed by atoms with E-state index < -0.39 is 0 Å². The summed E-state index contributed by atoms with van der Waals surface area (Å²) >= 11 is 5.97. The molecule has 2 N–H and O–H groups in total. The number of ether oxygens (including phenoxy) is 1. The van der Waals surface area contributed by atoms with Gasteiger partial charge in [0.15, 0.2) is 5.82 Å². The summed E-state index contributed by atoms with van der Waals surface area (Å²) in [7, 11) is 0. The number of nitrogens with zero attached hydrogens (tertiary/aromatic N) is 2. The van der Waals surface area contributed by atoms with Gasteiger partial charge in [0.1, 0.15) is 0 Å². The van der Waals surface area contributed by atoms with Crippen molar-refractivity contribution in [3.05, 3.63) is 29.0 Å². The Kier molecular flexibility index (Phi) is 3.40. The van der Waals surface area contributed by atoms with Crippen LogP contribution < -0.4 is 5.73 Å². The SMILES string of the molecule is Nc1cc(Cl)cc(-c2nc(C3CCCOC3)no2)c1. The van der Waals surface area contributed by atoms with Crippen LogP contribution in [0.2, 0.25) is 5.02 Å². The van der Waals surface area contributed by atoms with E-state index in [4.69, 9.17) is 26.6 Å². The van der Waals surface area contributed by atoms with Gasteiger partial charge in [0.2, 0.25) is 0 Å². The number of nitrogen functional groups attached to an aromatic ring is 1. The van der Waals surface area contributed by atoms with Crippen LogP contribution in [-0.4, -0.2) is 23.4 Å². The topological polar surface area (TPSA) is 74.2 Å². The molecule has 100 valence electrons. The van der Waals surface area contributed by atoms with Gasteiger partial charge in [-0.3, -0.25) is 0 Å². The molecule has 1 aliphatic heterocycles. The molecule has 0 bridgehead atoms. The highest BCUT2D eigenvalue weighted by molar-refractivity contribution is 6.31. The zero-order chi connectivity index (χ0) is 13.2. The second-order valence-electron chi connectivity index (χ2n) is 4.65. The summed E-state index contributed by atoms with van der Waals surface area (Å²) in [6.45, 7) is 1.46. The molecule has 5 nitrogen and oxygen atoms in total. The van der Waals surface area contributed by atoms with E-state index in [-0.39, 0.29) is 5.92 Å². The van der Waals surface area contributed by atoms with Crippen molar-refractivity contribution in [2.75, 3.05) is 18.9 Å². The lowest BCUT2D eigenvalue weighted by Crippen LogP contribution is -2.16. The molecule has 0 spiro atoms. The third-order valence-electron chi connectivity index (χ3n) is 3.13. The second kappa shape index (κ2) is 5.19. The molecule has 1 aromatic carbocycles. The standard InChI is InChI=1S/C13H14ClN3O2/c14-10-4-9(5-11(15)6-10)13-16-12(17-19-13)8-2-1-3-18-7-8/h4-6,8H,1-3,7,15H2. The molecule has 1 aromatic heterocycles. The van der Waals surface area contributed by atoms with Crippen LogP contribution in [0.15, 0.2) is 22.7 Å². The maximum absolute atomic E-state index is 5.97. The van der Waals surface area contributed by atoms with Crippen LogP contribution in [0.1, 0.15) is 24.6 Å². The maximum atomic E-state index is 5.97. The zero-order valence-corrected chi connectivity index (χ0v) is 11.1. The molecular formula is C13H14ClN3O2. The van der Waals surface area contributed by atoms with Crippen molar-refractivity contribution in [3.8, 4) is 11.5 Å². The highest BCUT2D eigenvalue weighted by Gasteiger charge is 2.22. The van der Waals surface area contributed by atoms with Crippen molar-refractivity contribution >= 4 is 17.3 Å². The Balaban J connectivity index is 1.87. The van der Waals surface area contributed by atoms with E-state index in [1.165, 1.54) is 0 Å². The molecule has 0 radical (unpaired) electrons. The summed E-state index contributed by atoms with van der Waals surface area (Å²) in [5.41, 5.74) is 7.06. The molecule has 3 rings (SSSR count). The molecule has 0 amide bonds. The van der Waals surface area contributed by atoms with Crippen molar-refractivity contribution < 1.29 is 9.26 Å². The first kappa shape index (κ1) is 12.4. The molecule has 2 heterocycles. The van der Waals surface area contributed by atoms with E-state index in [1.807, 2.05) is 0 Å². The third kappa shape index (κ3) is 2.72. The third-order valence-corrected chi connectivity index (χ3v) is 3.35. The van der Waals surface area contributed by atoms with Crippen LogP contribution >= 0.6 is 11.6 Å². The van der Waals surface area contributed by atoms with Gasteiger partial charge in [-0.1, -0.05) is 16.8 Å². The maximum Gasteiger partial charge on any atom is 0.258 e. The van der Waals surface area contributed by atoms with Gasteiger partial charge in [-0.05, 0) is 31.0 Å². The van der Waals surface area contributed by atoms with Gasteiger partial charge < -0.3 is 15.0 Å². The summed E-state index contributed by atoms with van der Waals surface area (Å²) < 4.78 is 10.7. The van der Waals surface area contributed by atoms with Gasteiger partial charge in [0, 0.05) is 28.8 Å². The number of nitrogens with two attached hydrogens (primary N) is 1. The van der Waals surface area contributed by atoms with Crippen LogP contribution in [0.3, 0.4) is 0 Å². The number of halogens is 1. The van der Waals surface area contributed by atoms with Crippen LogP contribution in [-0.2, 0) is 4.74 Å². The lowest BCUT2D eigenvalue weighted by Gasteiger charge is -2.18. The average molecular weight is 280 g/mol. The quantitative estimate of drug-likeness (QED) is 0.856. The molecule has 0 saturated carbocycles. The van der Waals surface area contributed by atoms with Crippen LogP contribution in [0, 0.1) is 0 Å². The van der Waals surface area contributed by atoms with E-state index in [2.05, 4.69) is 10.1 Å². The van der Waals surface area contributed by atoms with E-state index >= 15 is 0 Å². The number of hydrogen-bond acceptors (Lipinski definition) is 5. The highest BCUT2D eigenvalue weighted by atomic mass is 35.5. The van der Waals surface area contributed by atoms with E-state index in [0.717, 1.165) is 25.0 Å². The minimum Gasteiger partial charge on any atom is -0.399 e. The lowest BCUT2D eigenvalue weighted by molar-refractivity contribution is 0.0773. The van der Waals surface area contributed by atoms with Gasteiger partial charge in [-0.25, -0.2) is 0 Å². The van der Waals surface area contributed by atoms with E-state index in [1.54, 1.807) is 18.2 Å². The molecule has 1 saturated heterocycles. The first-order valence-electron chi connectivity index (χ1n) is 6.20. The first-order chi connectivity index (χ1) is 9.22. The summed E-state index contributed by atoms with van der Waals surface area (Å²) in [6, 6.07) is 5.20. The zero-order valence-electron chi connectivity index (χ0n) is 10.3. The Labute approximate surface area is 115 Å². The van der Waals surface area contributed by atoms with Gasteiger partial charge in [0.05, 0.1) is 6.61 Å². The smallest absolute Gasteiger partial charge is 0.258 e. The van der Waals surface area contributed by atoms with Gasteiger partial charge in [-0.15, -0.1) is 0 Å². The molecule has 1 atom stereocenters. The molecule has 1 aliphatic rings. The number of rotatable bonds is 2. The predicted octanol–water partition coefficient (Wildman–Crippen LogP) is 2.87. The van der Waals surface area contributed by atoms with E-state index in [0.29, 0.717) is 29.0 Å². The Hall–Kier alpha value is -1.59. The van der Waals surface area contributed by atoms with Crippen molar-refractivity contribution in [2.24, 2.45) is 0 Å². The summed E-state index contributed by atoms with van der Waals surface area (Å²) in [5.74, 6) is 1.34. The Morgan fingerprint density at radius 2 is 2.21 bits per heavy atom. The minimum absolute atomic E-state index is 0.211. The summed E-state index contributed by atoms with van der Waals surface area (Å²) in [5, 5.41) is 4.58. The number of benzene rings is 1. The molecule has 2 aromatic rings. The van der Waals surface area contributed by atoms with Crippen molar-refractivity contribution in [2.45, 2.75) is 18.8 Å². The fraction of sp³-hybridized carbons (Fsp3) is 0.385. The lowest BCUT2D eigenvalue weighted by atomic mass is 10.0. The minimum atomic E-state index is 0.211. The van der Waals surface area contributed by atoms with E-state index in [9.17, 15) is 0 Å². The normalized spacial score (nSPS) is 19.5. The molecule has 19 heavy (non-hydrogen) atoms. The monoisotopic (exact) mass is 279 g/mol. The van der Waals surface area contributed by atoms with Crippen LogP contribution in [0.5, 0.6) is 0 Å². The molecule has 0 aliphatic carbocycles. The van der Waals surface area contributed by atoms with Gasteiger partial charge >= 0.3 is 0 Å². The Morgan fingerprint density at radius 3 is 2.95 bits per heavy atom. The first-order valence-corrected chi connectivity index (χ1v) is 6.58. The molecule has 1 unspecified atom stereocenters. The molecule has 6 heteroatoms. The number of hydrogen-bond donors (Lipinski definition) is 1. The van der Waals surface area contributed by atoms with Crippen molar-refractivity contribution in [3.63, 3.8) is 0 Å². The fourth-order valence-corrected chi connectivity index (χ4v) is 2.44. The number of anilines is 1. The van der Waals surface area contributed by atoms with Crippen molar-refractivity contribution in [1.29, 1.82) is 0 Å². The largest absolute Gasteiger partial charge is 0.399 e. The second-order valence-corrected chi connectivity index (χ2v) is 5.08. The van der Waals surface area contributed by atoms with Crippen LogP contribution in [0.25, 0.3) is 11.5 Å². The highest BCUT2D eigenvalue weighted by Crippen LogP contribution is 2.28. The number of aromatic nitrogens is 2. The Morgan fingerprint density at radius 1 is 1.32 bits per heavy atom. The summed E-state index contributed by atoms with van der Waals surface area (Å²) in [4.78, 5) is 4.41. The van der Waals surface area contributed by atoms with Gasteiger partial charge in [-0.2, -0.15) is 4.98 Å². The van der Waals surface area contributed by atoms with Crippen molar-refractivity contribution in [1.82, 2.24) is 10.1 Å². The molecule has 1 fully saturated rings.